The van der Waals surface area contributed by atoms with Crippen molar-refractivity contribution >= 4 is 19.8 Å². The smallest absolute Gasteiger partial charge is 0.462 e. The molecule has 0 saturated heterocycles. The lowest BCUT2D eigenvalue weighted by molar-refractivity contribution is -0.161. The highest BCUT2D eigenvalue weighted by molar-refractivity contribution is 7.47. The normalized spacial score (nSPS) is 13.6. The Bertz CT molecular complexity index is 1500. The highest BCUT2D eigenvalue weighted by Crippen LogP contribution is 2.43. The highest BCUT2D eigenvalue weighted by Gasteiger charge is 2.26. The number of allylic oxidation sites excluding steroid dienone is 14. The summed E-state index contributed by atoms with van der Waals surface area (Å²) in [6.45, 7) is 3.64. The first kappa shape index (κ1) is 72.2. The van der Waals surface area contributed by atoms with E-state index in [2.05, 4.69) is 98.9 Å². The average Bonchev–Trinajstić information content (AvgIpc) is 3.40. The van der Waals surface area contributed by atoms with E-state index in [1.165, 1.54) is 173 Å². The van der Waals surface area contributed by atoms with E-state index in [4.69, 9.17) is 24.3 Å². The van der Waals surface area contributed by atoms with E-state index in [0.29, 0.717) is 6.42 Å². The molecule has 75 heavy (non-hydrogen) atoms. The molecule has 0 aliphatic carbocycles. The number of phosphoric acid groups is 1. The molecule has 3 N–H and O–H groups in total. The van der Waals surface area contributed by atoms with E-state index in [1.54, 1.807) is 0 Å². The van der Waals surface area contributed by atoms with Crippen molar-refractivity contribution in [2.45, 2.75) is 290 Å². The molecule has 0 heterocycles. The number of ether oxygens (including phenoxy) is 2. The van der Waals surface area contributed by atoms with Crippen LogP contribution in [0.1, 0.15) is 284 Å². The minimum absolute atomic E-state index is 0.0505. The Labute approximate surface area is 462 Å². The van der Waals surface area contributed by atoms with Gasteiger partial charge in [0.15, 0.2) is 6.10 Å². The third-order valence-electron chi connectivity index (χ3n) is 13.3. The van der Waals surface area contributed by atoms with Gasteiger partial charge in [-0.2, -0.15) is 0 Å². The Balaban J connectivity index is 3.94. The molecule has 0 aromatic rings. The highest BCUT2D eigenvalue weighted by atomic mass is 31.2. The Morgan fingerprint density at radius 2 is 0.733 bits per heavy atom. The number of esters is 2. The Hall–Kier alpha value is -2.81. The molecule has 0 aromatic heterocycles. The minimum Gasteiger partial charge on any atom is -0.462 e. The van der Waals surface area contributed by atoms with E-state index in [-0.39, 0.29) is 38.6 Å². The zero-order chi connectivity index (χ0) is 54.5. The molecule has 0 aliphatic rings. The summed E-state index contributed by atoms with van der Waals surface area (Å²) in [7, 11) is -4.39. The Morgan fingerprint density at radius 1 is 0.413 bits per heavy atom. The maximum absolute atomic E-state index is 12.7. The van der Waals surface area contributed by atoms with Gasteiger partial charge in [0, 0.05) is 19.4 Å². The third kappa shape index (κ3) is 60.3. The molecule has 0 radical (unpaired) electrons. The summed E-state index contributed by atoms with van der Waals surface area (Å²) in [6, 6.07) is 0. The molecule has 0 aliphatic heterocycles. The molecule has 0 aromatic carbocycles. The van der Waals surface area contributed by atoms with Crippen molar-refractivity contribution in [3.63, 3.8) is 0 Å². The topological polar surface area (TPSA) is 134 Å². The van der Waals surface area contributed by atoms with Crippen LogP contribution in [0.3, 0.4) is 0 Å². The van der Waals surface area contributed by atoms with Crippen molar-refractivity contribution in [1.29, 1.82) is 0 Å². The van der Waals surface area contributed by atoms with Gasteiger partial charge in [-0.15, -0.1) is 0 Å². The number of unbranched alkanes of at least 4 members (excludes halogenated alkanes) is 31. The van der Waals surface area contributed by atoms with Crippen molar-refractivity contribution in [2.75, 3.05) is 26.4 Å². The van der Waals surface area contributed by atoms with Crippen LogP contribution < -0.4 is 5.73 Å². The molecule has 0 spiro atoms. The lowest BCUT2D eigenvalue weighted by atomic mass is 10.0. The first-order chi connectivity index (χ1) is 36.8. The van der Waals surface area contributed by atoms with Gasteiger partial charge in [-0.1, -0.05) is 266 Å². The fourth-order valence-corrected chi connectivity index (χ4v) is 9.46. The molecule has 2 unspecified atom stereocenters. The van der Waals surface area contributed by atoms with Crippen LogP contribution >= 0.6 is 7.82 Å². The average molecular weight is 1070 g/mol. The van der Waals surface area contributed by atoms with Gasteiger partial charge in [0.2, 0.25) is 0 Å². The van der Waals surface area contributed by atoms with Crippen LogP contribution in [0, 0.1) is 0 Å². The maximum Gasteiger partial charge on any atom is 0.472 e. The van der Waals surface area contributed by atoms with E-state index in [9.17, 15) is 19.0 Å². The maximum atomic E-state index is 12.7. The largest absolute Gasteiger partial charge is 0.472 e. The van der Waals surface area contributed by atoms with Crippen molar-refractivity contribution in [2.24, 2.45) is 5.73 Å². The number of carbonyl (C=O) groups is 2. The molecular weight excluding hydrogens is 954 g/mol. The quantitative estimate of drug-likeness (QED) is 0.0264. The zero-order valence-corrected chi connectivity index (χ0v) is 49.4. The summed E-state index contributed by atoms with van der Waals surface area (Å²) >= 11 is 0. The molecule has 10 heteroatoms. The summed E-state index contributed by atoms with van der Waals surface area (Å²) in [5, 5.41) is 0. The summed E-state index contributed by atoms with van der Waals surface area (Å²) in [5.74, 6) is -0.825. The first-order valence-electron chi connectivity index (χ1n) is 31.1. The van der Waals surface area contributed by atoms with Crippen molar-refractivity contribution in [1.82, 2.24) is 0 Å². The van der Waals surface area contributed by atoms with Gasteiger partial charge in [0.25, 0.3) is 0 Å². The van der Waals surface area contributed by atoms with Crippen LogP contribution in [-0.2, 0) is 32.7 Å². The minimum atomic E-state index is -4.39. The first-order valence-corrected chi connectivity index (χ1v) is 32.6. The van der Waals surface area contributed by atoms with Crippen LogP contribution in [0.4, 0.5) is 0 Å². The summed E-state index contributed by atoms with van der Waals surface area (Å²) in [5.41, 5.74) is 5.39. The molecule has 2 atom stereocenters. The van der Waals surface area contributed by atoms with Gasteiger partial charge in [0.1, 0.15) is 6.61 Å². The number of phosphoric ester groups is 1. The third-order valence-corrected chi connectivity index (χ3v) is 14.2. The lowest BCUT2D eigenvalue weighted by Crippen LogP contribution is -2.29. The van der Waals surface area contributed by atoms with Gasteiger partial charge >= 0.3 is 19.8 Å². The SMILES string of the molecule is CC/C=C\C/C=C\C/C=C\C/C=C\CCCCCCCCCCCCCCC(=O)OC(COC(=O)CCCCCCCCCCCCCCCC/C=C\C/C=C\C/C=C\CCCCCCC)COP(=O)(O)OCCN. The second kappa shape index (κ2) is 60.4. The van der Waals surface area contributed by atoms with E-state index in [0.717, 1.165) is 77.0 Å². The Morgan fingerprint density at radius 3 is 1.09 bits per heavy atom. The molecular formula is C65H116NO8P. The van der Waals surface area contributed by atoms with Gasteiger partial charge in [-0.25, -0.2) is 4.57 Å². The summed E-state index contributed by atoms with van der Waals surface area (Å²) < 4.78 is 33.1. The number of nitrogens with two attached hydrogens (primary N) is 1. The van der Waals surface area contributed by atoms with Gasteiger partial charge in [-0.05, 0) is 89.9 Å². The van der Waals surface area contributed by atoms with Crippen molar-refractivity contribution in [3.05, 3.63) is 85.1 Å². The molecule has 0 saturated carbocycles. The van der Waals surface area contributed by atoms with Crippen LogP contribution in [0.2, 0.25) is 0 Å². The predicted molar refractivity (Wildman–Crippen MR) is 321 cm³/mol. The van der Waals surface area contributed by atoms with E-state index < -0.39 is 26.5 Å². The fraction of sp³-hybridized carbons (Fsp3) is 0.754. The number of hydrogen-bond donors (Lipinski definition) is 2. The van der Waals surface area contributed by atoms with Gasteiger partial charge in [0.05, 0.1) is 13.2 Å². The summed E-state index contributed by atoms with van der Waals surface area (Å²) in [6.07, 6.45) is 79.3. The van der Waals surface area contributed by atoms with E-state index in [1.807, 2.05) is 0 Å². The van der Waals surface area contributed by atoms with Gasteiger partial charge < -0.3 is 20.1 Å². The zero-order valence-electron chi connectivity index (χ0n) is 48.5. The summed E-state index contributed by atoms with van der Waals surface area (Å²) in [4.78, 5) is 35.3. The number of rotatable bonds is 58. The van der Waals surface area contributed by atoms with Gasteiger partial charge in [-0.3, -0.25) is 18.6 Å². The van der Waals surface area contributed by atoms with Crippen LogP contribution in [0.15, 0.2) is 85.1 Å². The lowest BCUT2D eigenvalue weighted by Gasteiger charge is -2.19. The second-order valence-electron chi connectivity index (χ2n) is 20.5. The predicted octanol–water partition coefficient (Wildman–Crippen LogP) is 19.9. The molecule has 9 nitrogen and oxygen atoms in total. The fourth-order valence-electron chi connectivity index (χ4n) is 8.69. The monoisotopic (exact) mass is 1070 g/mol. The molecule has 434 valence electrons. The number of carbonyl (C=O) groups excluding carboxylic acids is 2. The van der Waals surface area contributed by atoms with Crippen LogP contribution in [0.5, 0.6) is 0 Å². The molecule has 0 rings (SSSR count). The van der Waals surface area contributed by atoms with Crippen LogP contribution in [-0.4, -0.2) is 49.3 Å². The van der Waals surface area contributed by atoms with Crippen molar-refractivity contribution in [3.8, 4) is 0 Å². The number of hydrogen-bond acceptors (Lipinski definition) is 8. The second-order valence-corrected chi connectivity index (χ2v) is 22.0. The molecule has 0 fully saturated rings. The Kier molecular flexibility index (Phi) is 58.2. The van der Waals surface area contributed by atoms with Crippen molar-refractivity contribution < 1.29 is 37.6 Å². The molecule has 0 amide bonds. The van der Waals surface area contributed by atoms with E-state index >= 15 is 0 Å². The molecule has 0 bridgehead atoms. The standard InChI is InChI=1S/C65H116NO8P/c1-3-5-7-9-11-13-15-17-19-21-23-25-27-29-30-31-32-34-35-37-39-41-43-45-47-49-51-53-55-57-64(67)71-61-63(62-73-75(69,70)72-60-59-66)74-65(68)58-56-54-52-50-48-46-44-42-40-38-36-33-28-26-24-22-20-18-16-14-12-10-8-6-4-2/h6,8,12,14-15,17-18,20-21,23-24,26-27,29,63H,3-5,7,9-11,13,16,19,22,25,28,30-62,66H2,1-2H3,(H,69,70)/b8-6-,14-12-,17-15-,20-18-,23-21-,26-24-,29-27-. The van der Waals surface area contributed by atoms with Crippen LogP contribution in [0.25, 0.3) is 0 Å².